The summed E-state index contributed by atoms with van der Waals surface area (Å²) in [6.45, 7) is 9.22. The molecule has 0 fully saturated rings. The molecule has 0 aliphatic rings. The highest BCUT2D eigenvalue weighted by atomic mass is 32.2. The number of carbonyl (C=O) groups is 2. The van der Waals surface area contributed by atoms with Crippen LogP contribution in [0.3, 0.4) is 0 Å². The first kappa shape index (κ1) is 34.2. The highest BCUT2D eigenvalue weighted by Gasteiger charge is 2.34. The summed E-state index contributed by atoms with van der Waals surface area (Å²) in [7, 11) is -4.18. The number of nitrogens with zero attached hydrogens (tertiary/aromatic N) is 2. The molecule has 0 saturated carbocycles. The zero-order valence-electron chi connectivity index (χ0n) is 27.1. The first-order valence-corrected chi connectivity index (χ1v) is 17.0. The second-order valence-corrected chi connectivity index (χ2v) is 13.3. The van der Waals surface area contributed by atoms with Crippen molar-refractivity contribution in [3.8, 4) is 11.5 Å². The number of aryl methyl sites for hydroxylation is 2. The molecule has 4 aromatic carbocycles. The molecule has 0 aromatic heterocycles. The number of hydrogen-bond acceptors (Lipinski definition) is 5. The number of ether oxygens (including phenoxy) is 1. The molecule has 0 heterocycles. The monoisotopic (exact) mass is 641 g/mol. The number of anilines is 1. The summed E-state index contributed by atoms with van der Waals surface area (Å²) in [6.07, 6.45) is 1.09. The Morgan fingerprint density at radius 3 is 2.00 bits per heavy atom. The molecule has 4 aromatic rings. The van der Waals surface area contributed by atoms with Gasteiger partial charge in [0.2, 0.25) is 11.8 Å². The van der Waals surface area contributed by atoms with Gasteiger partial charge in [0.25, 0.3) is 10.0 Å². The van der Waals surface area contributed by atoms with Crippen molar-refractivity contribution >= 4 is 27.5 Å². The third-order valence-electron chi connectivity index (χ3n) is 7.98. The van der Waals surface area contributed by atoms with Gasteiger partial charge in [0.1, 0.15) is 24.1 Å². The van der Waals surface area contributed by atoms with Crippen LogP contribution >= 0.6 is 0 Å². The smallest absolute Gasteiger partial charge is 0.264 e. The zero-order chi connectivity index (χ0) is 33.3. The summed E-state index contributed by atoms with van der Waals surface area (Å²) in [5, 5.41) is 3.01. The molecule has 0 unspecified atom stereocenters. The first-order chi connectivity index (χ1) is 22.0. The molecule has 2 amide bonds. The van der Waals surface area contributed by atoms with Crippen molar-refractivity contribution in [3.05, 3.63) is 120 Å². The summed E-state index contributed by atoms with van der Waals surface area (Å²) < 4.78 is 35.4. The third kappa shape index (κ3) is 8.54. The molecule has 1 N–H and O–H groups in total. The van der Waals surface area contributed by atoms with Gasteiger partial charge in [0, 0.05) is 12.6 Å². The number of para-hydroxylation sites is 1. The molecule has 8 nitrogen and oxygen atoms in total. The number of carbonyl (C=O) groups excluding carboxylic acids is 2. The Labute approximate surface area is 273 Å². The van der Waals surface area contributed by atoms with Crippen LogP contribution in [0.25, 0.3) is 0 Å². The maximum absolute atomic E-state index is 14.4. The lowest BCUT2D eigenvalue weighted by Gasteiger charge is -2.34. The molecule has 46 heavy (non-hydrogen) atoms. The van der Waals surface area contributed by atoms with E-state index in [4.69, 9.17) is 4.74 Å². The quantitative estimate of drug-likeness (QED) is 0.160. The Bertz CT molecular complexity index is 1710. The van der Waals surface area contributed by atoms with Crippen LogP contribution in [0, 0.1) is 13.8 Å². The molecule has 0 saturated heterocycles. The summed E-state index contributed by atoms with van der Waals surface area (Å²) in [4.78, 5) is 29.4. The van der Waals surface area contributed by atoms with Crippen LogP contribution < -0.4 is 14.4 Å². The molecule has 4 rings (SSSR count). The highest BCUT2D eigenvalue weighted by Crippen LogP contribution is 2.29. The molecule has 2 atom stereocenters. The van der Waals surface area contributed by atoms with E-state index < -0.39 is 28.5 Å². The van der Waals surface area contributed by atoms with E-state index in [1.54, 1.807) is 36.4 Å². The maximum atomic E-state index is 14.4. The van der Waals surface area contributed by atoms with Crippen molar-refractivity contribution in [2.45, 2.75) is 71.0 Å². The predicted molar refractivity (Wildman–Crippen MR) is 182 cm³/mol. The van der Waals surface area contributed by atoms with Crippen molar-refractivity contribution < 1.29 is 22.7 Å². The van der Waals surface area contributed by atoms with Crippen LogP contribution in [0.2, 0.25) is 0 Å². The Kier molecular flexibility index (Phi) is 11.6. The van der Waals surface area contributed by atoms with E-state index in [2.05, 4.69) is 5.32 Å². The number of rotatable bonds is 14. The number of amides is 2. The number of sulfonamides is 1. The van der Waals surface area contributed by atoms with E-state index in [1.807, 2.05) is 89.2 Å². The van der Waals surface area contributed by atoms with Crippen molar-refractivity contribution in [1.82, 2.24) is 10.2 Å². The van der Waals surface area contributed by atoms with E-state index in [0.717, 1.165) is 27.4 Å². The lowest BCUT2D eigenvalue weighted by atomic mass is 10.1. The second-order valence-electron chi connectivity index (χ2n) is 11.4. The van der Waals surface area contributed by atoms with Gasteiger partial charge in [0.15, 0.2) is 0 Å². The number of nitrogens with one attached hydrogen (secondary N) is 1. The molecule has 242 valence electrons. The molecule has 0 bridgehead atoms. The summed E-state index contributed by atoms with van der Waals surface area (Å²) in [5.74, 6) is 0.398. The van der Waals surface area contributed by atoms with E-state index in [0.29, 0.717) is 23.6 Å². The summed E-state index contributed by atoms with van der Waals surface area (Å²) >= 11 is 0. The Balaban J connectivity index is 1.73. The standard InChI is InChI=1S/C37H43N3O5S/c1-6-29(5)38-37(42)35(7-2)39(25-30-14-12-11-13-28(30)4)36(41)26-40(46(43,44)34-23-17-27(3)18-24-34)31-19-21-33(22-20-31)45-32-15-9-8-10-16-32/h8-24,29,35H,6-7,25-26H2,1-5H3,(H,38,42)/t29-,35+/m1/s1. The topological polar surface area (TPSA) is 96.0 Å². The largest absolute Gasteiger partial charge is 0.457 e. The molecule has 9 heteroatoms. The van der Waals surface area contributed by atoms with Gasteiger partial charge < -0.3 is 15.0 Å². The molecule has 0 radical (unpaired) electrons. The molecular formula is C37H43N3O5S. The summed E-state index contributed by atoms with van der Waals surface area (Å²) in [6, 6.07) is 29.2. The normalized spacial score (nSPS) is 12.5. The molecular weight excluding hydrogens is 598 g/mol. The predicted octanol–water partition coefficient (Wildman–Crippen LogP) is 7.01. The number of benzene rings is 4. The van der Waals surface area contributed by atoms with Gasteiger partial charge in [-0.3, -0.25) is 13.9 Å². The fourth-order valence-electron chi connectivity index (χ4n) is 5.00. The van der Waals surface area contributed by atoms with Crippen LogP contribution in [0.1, 0.15) is 50.3 Å². The van der Waals surface area contributed by atoms with E-state index >= 15 is 0 Å². The van der Waals surface area contributed by atoms with Crippen LogP contribution in [0.15, 0.2) is 108 Å². The molecule has 0 spiro atoms. The minimum Gasteiger partial charge on any atom is -0.457 e. The van der Waals surface area contributed by atoms with Gasteiger partial charge >= 0.3 is 0 Å². The van der Waals surface area contributed by atoms with Crippen molar-refractivity contribution in [2.75, 3.05) is 10.8 Å². The van der Waals surface area contributed by atoms with Crippen molar-refractivity contribution in [1.29, 1.82) is 0 Å². The molecule has 0 aliphatic carbocycles. The maximum Gasteiger partial charge on any atom is 0.264 e. The van der Waals surface area contributed by atoms with Gasteiger partial charge in [0.05, 0.1) is 10.6 Å². The average molecular weight is 642 g/mol. The van der Waals surface area contributed by atoms with E-state index in [9.17, 15) is 18.0 Å². The van der Waals surface area contributed by atoms with Gasteiger partial charge in [-0.2, -0.15) is 0 Å². The SMILES string of the molecule is CC[C@@H](C)NC(=O)[C@H](CC)N(Cc1ccccc1C)C(=O)CN(c1ccc(Oc2ccccc2)cc1)S(=O)(=O)c1ccc(C)cc1. The number of hydrogen-bond donors (Lipinski definition) is 1. The van der Waals surface area contributed by atoms with E-state index in [-0.39, 0.29) is 23.4 Å². The Morgan fingerprint density at radius 2 is 1.39 bits per heavy atom. The molecule has 0 aliphatic heterocycles. The minimum absolute atomic E-state index is 0.0579. The van der Waals surface area contributed by atoms with Crippen LogP contribution in [-0.2, 0) is 26.2 Å². The first-order valence-electron chi connectivity index (χ1n) is 15.6. The fourth-order valence-corrected chi connectivity index (χ4v) is 6.42. The van der Waals surface area contributed by atoms with Crippen molar-refractivity contribution in [2.24, 2.45) is 0 Å². The minimum atomic E-state index is -4.18. The lowest BCUT2D eigenvalue weighted by molar-refractivity contribution is -0.140. The average Bonchev–Trinajstić information content (AvgIpc) is 3.05. The van der Waals surface area contributed by atoms with Gasteiger partial charge in [-0.15, -0.1) is 0 Å². The van der Waals surface area contributed by atoms with Crippen LogP contribution in [0.4, 0.5) is 5.69 Å². The Morgan fingerprint density at radius 1 is 0.783 bits per heavy atom. The van der Waals surface area contributed by atoms with Crippen LogP contribution in [0.5, 0.6) is 11.5 Å². The second kappa shape index (κ2) is 15.6. The van der Waals surface area contributed by atoms with E-state index in [1.165, 1.54) is 17.0 Å². The van der Waals surface area contributed by atoms with Gasteiger partial charge in [-0.05, 0) is 93.3 Å². The lowest BCUT2D eigenvalue weighted by Crippen LogP contribution is -2.53. The summed E-state index contributed by atoms with van der Waals surface area (Å²) in [5.41, 5.74) is 3.05. The Hall–Kier alpha value is -4.63. The third-order valence-corrected chi connectivity index (χ3v) is 9.77. The van der Waals surface area contributed by atoms with Gasteiger partial charge in [-0.1, -0.05) is 74.0 Å². The van der Waals surface area contributed by atoms with Crippen LogP contribution in [-0.4, -0.2) is 43.8 Å². The highest BCUT2D eigenvalue weighted by molar-refractivity contribution is 7.92. The van der Waals surface area contributed by atoms with Gasteiger partial charge in [-0.25, -0.2) is 8.42 Å². The zero-order valence-corrected chi connectivity index (χ0v) is 28.0. The van der Waals surface area contributed by atoms with Crippen molar-refractivity contribution in [3.63, 3.8) is 0 Å². The fraction of sp³-hybridized carbons (Fsp3) is 0.297.